The van der Waals surface area contributed by atoms with Gasteiger partial charge in [0.05, 0.1) is 43.6 Å². The number of carbonyl (C=O) groups is 1. The highest BCUT2D eigenvalue weighted by Crippen LogP contribution is 2.26. The number of methoxy groups -OCH3 is 2. The molecule has 0 saturated heterocycles. The minimum absolute atomic E-state index is 0.362. The van der Waals surface area contributed by atoms with Crippen LogP contribution >= 0.6 is 0 Å². The van der Waals surface area contributed by atoms with Gasteiger partial charge in [-0.05, 0) is 18.2 Å². The van der Waals surface area contributed by atoms with Gasteiger partial charge in [0.1, 0.15) is 17.8 Å². The lowest BCUT2D eigenvalue weighted by Crippen LogP contribution is -2.01. The van der Waals surface area contributed by atoms with Crippen LogP contribution in [0.1, 0.15) is 21.7 Å². The largest absolute Gasteiger partial charge is 0.495 e. The lowest BCUT2D eigenvalue weighted by molar-refractivity contribution is 0.0600. The first kappa shape index (κ1) is 14.5. The quantitative estimate of drug-likeness (QED) is 0.850. The Morgan fingerprint density at radius 3 is 2.86 bits per heavy atom. The van der Waals surface area contributed by atoms with Crippen LogP contribution in [0, 0.1) is 11.3 Å². The molecule has 0 unspecified atom stereocenters. The van der Waals surface area contributed by atoms with Crippen molar-refractivity contribution >= 4 is 11.7 Å². The Kier molecular flexibility index (Phi) is 4.46. The van der Waals surface area contributed by atoms with Crippen molar-refractivity contribution in [1.29, 1.82) is 5.26 Å². The summed E-state index contributed by atoms with van der Waals surface area (Å²) >= 11 is 0. The van der Waals surface area contributed by atoms with Gasteiger partial charge in [-0.3, -0.25) is 0 Å². The van der Waals surface area contributed by atoms with E-state index in [2.05, 4.69) is 10.1 Å². The minimum atomic E-state index is -0.444. The third kappa shape index (κ3) is 3.34. The van der Waals surface area contributed by atoms with Gasteiger partial charge in [-0.1, -0.05) is 0 Å². The van der Waals surface area contributed by atoms with Gasteiger partial charge >= 0.3 is 5.97 Å². The second kappa shape index (κ2) is 6.48. The normalized spacial score (nSPS) is 9.76. The number of ether oxygens (including phenoxy) is 2. The first-order valence-electron chi connectivity index (χ1n) is 6.15. The third-order valence-electron chi connectivity index (χ3n) is 2.86. The first-order chi connectivity index (χ1) is 10.2. The molecule has 1 heterocycles. The number of nitrogens with zero attached hydrogens (tertiary/aromatic N) is 1. The van der Waals surface area contributed by atoms with Crippen LogP contribution < -0.4 is 10.1 Å². The highest BCUT2D eigenvalue weighted by molar-refractivity contribution is 5.89. The van der Waals surface area contributed by atoms with E-state index in [-0.39, 0.29) is 0 Å². The first-order valence-corrected chi connectivity index (χ1v) is 6.15. The lowest BCUT2D eigenvalue weighted by Gasteiger charge is -2.10. The Balaban J connectivity index is 2.08. The van der Waals surface area contributed by atoms with E-state index in [1.54, 1.807) is 24.3 Å². The fourth-order valence-electron chi connectivity index (χ4n) is 1.79. The van der Waals surface area contributed by atoms with E-state index >= 15 is 0 Å². The number of esters is 1. The summed E-state index contributed by atoms with van der Waals surface area (Å²) < 4.78 is 15.1. The van der Waals surface area contributed by atoms with Gasteiger partial charge in [0.15, 0.2) is 0 Å². The molecule has 0 atom stereocenters. The summed E-state index contributed by atoms with van der Waals surface area (Å²) in [4.78, 5) is 11.3. The highest BCUT2D eigenvalue weighted by Gasteiger charge is 2.11. The Morgan fingerprint density at radius 1 is 1.38 bits per heavy atom. The van der Waals surface area contributed by atoms with Gasteiger partial charge in [0.2, 0.25) is 0 Å². The molecule has 1 aromatic heterocycles. The van der Waals surface area contributed by atoms with Crippen LogP contribution in [0.4, 0.5) is 5.69 Å². The molecule has 2 rings (SSSR count). The zero-order valence-corrected chi connectivity index (χ0v) is 11.7. The summed E-state index contributed by atoms with van der Waals surface area (Å²) in [6, 6.07) is 8.74. The molecule has 0 aliphatic carbocycles. The number of nitriles is 1. The molecule has 2 aromatic rings. The van der Waals surface area contributed by atoms with Gasteiger partial charge in [-0.15, -0.1) is 0 Å². The monoisotopic (exact) mass is 286 g/mol. The molecule has 0 bridgehead atoms. The maximum Gasteiger partial charge on any atom is 0.341 e. The van der Waals surface area contributed by atoms with E-state index in [0.29, 0.717) is 29.2 Å². The van der Waals surface area contributed by atoms with E-state index in [1.165, 1.54) is 20.5 Å². The number of rotatable bonds is 5. The number of anilines is 1. The van der Waals surface area contributed by atoms with Crippen molar-refractivity contribution in [1.82, 2.24) is 0 Å². The van der Waals surface area contributed by atoms with Crippen LogP contribution in [0.25, 0.3) is 0 Å². The molecule has 6 heteroatoms. The second-order valence-electron chi connectivity index (χ2n) is 4.17. The molecule has 0 amide bonds. The van der Waals surface area contributed by atoms with Crippen molar-refractivity contribution < 1.29 is 18.7 Å². The third-order valence-corrected chi connectivity index (χ3v) is 2.86. The Bertz CT molecular complexity index is 685. The molecule has 0 spiro atoms. The highest BCUT2D eigenvalue weighted by atomic mass is 16.5. The van der Waals surface area contributed by atoms with E-state index in [0.717, 1.165) is 5.69 Å². The smallest absolute Gasteiger partial charge is 0.341 e. The van der Waals surface area contributed by atoms with Gasteiger partial charge in [-0.2, -0.15) is 5.26 Å². The standard InChI is InChI=1S/C15H14N2O4/c1-19-14-5-10(7-16)3-4-13(14)17-8-12-6-11(9-21-12)15(18)20-2/h3-6,9,17H,8H2,1-2H3. The summed E-state index contributed by atoms with van der Waals surface area (Å²) in [5, 5.41) is 12.0. The number of hydrogen-bond acceptors (Lipinski definition) is 6. The van der Waals surface area contributed by atoms with Crippen molar-refractivity contribution in [3.63, 3.8) is 0 Å². The summed E-state index contributed by atoms with van der Waals surface area (Å²) in [5.41, 5.74) is 1.61. The zero-order valence-electron chi connectivity index (χ0n) is 11.7. The predicted molar refractivity (Wildman–Crippen MR) is 75.1 cm³/mol. The van der Waals surface area contributed by atoms with E-state index in [9.17, 15) is 4.79 Å². The average molecular weight is 286 g/mol. The number of furan rings is 1. The fourth-order valence-corrected chi connectivity index (χ4v) is 1.79. The van der Waals surface area contributed by atoms with E-state index < -0.39 is 5.97 Å². The number of hydrogen-bond donors (Lipinski definition) is 1. The molecule has 0 saturated carbocycles. The molecule has 108 valence electrons. The fraction of sp³-hybridized carbons (Fsp3) is 0.200. The van der Waals surface area contributed by atoms with Crippen LogP contribution in [0.3, 0.4) is 0 Å². The van der Waals surface area contributed by atoms with Crippen molar-refractivity contribution in [3.05, 3.63) is 47.4 Å². The SMILES string of the molecule is COC(=O)c1coc(CNc2ccc(C#N)cc2OC)c1. The Hall–Kier alpha value is -2.94. The maximum atomic E-state index is 11.3. The van der Waals surface area contributed by atoms with Crippen LogP contribution in [0.15, 0.2) is 34.9 Å². The number of carbonyl (C=O) groups excluding carboxylic acids is 1. The average Bonchev–Trinajstić information content (AvgIpc) is 3.00. The van der Waals surface area contributed by atoms with Crippen LogP contribution in [-0.4, -0.2) is 20.2 Å². The second-order valence-corrected chi connectivity index (χ2v) is 4.17. The molecule has 1 N–H and O–H groups in total. The Morgan fingerprint density at radius 2 is 2.19 bits per heavy atom. The molecular formula is C15H14N2O4. The van der Waals surface area contributed by atoms with Crippen molar-refractivity contribution in [2.75, 3.05) is 19.5 Å². The lowest BCUT2D eigenvalue weighted by atomic mass is 10.2. The summed E-state index contributed by atoms with van der Waals surface area (Å²) in [6.45, 7) is 0.374. The molecule has 0 radical (unpaired) electrons. The van der Waals surface area contributed by atoms with E-state index in [1.807, 2.05) is 6.07 Å². The summed E-state index contributed by atoms with van der Waals surface area (Å²) in [7, 11) is 2.85. The van der Waals surface area contributed by atoms with E-state index in [4.69, 9.17) is 14.4 Å². The Labute approximate surface area is 121 Å². The maximum absolute atomic E-state index is 11.3. The van der Waals surface area contributed by atoms with Crippen LogP contribution in [-0.2, 0) is 11.3 Å². The molecule has 6 nitrogen and oxygen atoms in total. The van der Waals surface area contributed by atoms with Crippen LogP contribution in [0.5, 0.6) is 5.75 Å². The summed E-state index contributed by atoms with van der Waals surface area (Å²) in [5.74, 6) is 0.705. The van der Waals surface area contributed by atoms with Gasteiger partial charge < -0.3 is 19.2 Å². The van der Waals surface area contributed by atoms with Gasteiger partial charge in [-0.25, -0.2) is 4.79 Å². The summed E-state index contributed by atoms with van der Waals surface area (Å²) in [6.07, 6.45) is 1.35. The van der Waals surface area contributed by atoms with Crippen molar-refractivity contribution in [2.24, 2.45) is 0 Å². The van der Waals surface area contributed by atoms with Crippen molar-refractivity contribution in [3.8, 4) is 11.8 Å². The molecule has 21 heavy (non-hydrogen) atoms. The molecule has 0 aliphatic rings. The predicted octanol–water partition coefficient (Wildman–Crippen LogP) is 2.56. The molecule has 1 aromatic carbocycles. The van der Waals surface area contributed by atoms with Gasteiger partial charge in [0, 0.05) is 6.07 Å². The molecule has 0 aliphatic heterocycles. The molecule has 0 fully saturated rings. The number of benzene rings is 1. The number of nitrogens with one attached hydrogen (secondary N) is 1. The zero-order chi connectivity index (χ0) is 15.2. The van der Waals surface area contributed by atoms with Crippen LogP contribution in [0.2, 0.25) is 0 Å². The van der Waals surface area contributed by atoms with Gasteiger partial charge in [0.25, 0.3) is 0 Å². The topological polar surface area (TPSA) is 84.5 Å². The molecular weight excluding hydrogens is 272 g/mol. The minimum Gasteiger partial charge on any atom is -0.495 e. The van der Waals surface area contributed by atoms with Crippen molar-refractivity contribution in [2.45, 2.75) is 6.54 Å².